The molecule has 0 aromatic heterocycles. The number of hydrogen-bond acceptors (Lipinski definition) is 3. The van der Waals surface area contributed by atoms with Gasteiger partial charge in [-0.25, -0.2) is 0 Å². The summed E-state index contributed by atoms with van der Waals surface area (Å²) in [6, 6.07) is 10.3. The number of nitrogens with zero attached hydrogens (tertiary/aromatic N) is 1. The molecule has 84 valence electrons. The molecule has 1 fully saturated rings. The van der Waals surface area contributed by atoms with E-state index in [0.29, 0.717) is 6.42 Å². The van der Waals surface area contributed by atoms with Crippen LogP contribution < -0.4 is 4.74 Å². The maximum Gasteiger partial charge on any atom is 0.118 e. The van der Waals surface area contributed by atoms with Crippen LogP contribution in [0.15, 0.2) is 24.3 Å². The van der Waals surface area contributed by atoms with Crippen molar-refractivity contribution in [3.05, 3.63) is 29.8 Å². The highest BCUT2D eigenvalue weighted by molar-refractivity contribution is 5.34. The molecule has 1 saturated heterocycles. The van der Waals surface area contributed by atoms with Gasteiger partial charge in [-0.1, -0.05) is 12.1 Å². The van der Waals surface area contributed by atoms with Crippen LogP contribution in [0.3, 0.4) is 0 Å². The standard InChI is InChI=1S/C13H15NO2/c1-15-12-5-3-11(4-6-12)13(7-2-8-14)9-16-10-13/h3-6H,2,7,9-10H2,1H3. The number of nitriles is 1. The van der Waals surface area contributed by atoms with Crippen molar-refractivity contribution in [2.75, 3.05) is 20.3 Å². The monoisotopic (exact) mass is 217 g/mol. The summed E-state index contributed by atoms with van der Waals surface area (Å²) in [6.45, 7) is 1.45. The molecule has 1 aromatic carbocycles. The van der Waals surface area contributed by atoms with Gasteiger partial charge in [0.05, 0.1) is 26.4 Å². The summed E-state index contributed by atoms with van der Waals surface area (Å²) in [4.78, 5) is 0. The molecule has 3 nitrogen and oxygen atoms in total. The Labute approximate surface area is 95.6 Å². The SMILES string of the molecule is COc1ccc(C2(CCC#N)COC2)cc1. The molecule has 16 heavy (non-hydrogen) atoms. The van der Waals surface area contributed by atoms with Gasteiger partial charge in [0.25, 0.3) is 0 Å². The van der Waals surface area contributed by atoms with E-state index in [1.807, 2.05) is 12.1 Å². The number of benzene rings is 1. The number of hydrogen-bond donors (Lipinski definition) is 0. The average Bonchev–Trinajstić information content (AvgIpc) is 2.29. The Hall–Kier alpha value is -1.53. The van der Waals surface area contributed by atoms with Crippen LogP contribution in [0.25, 0.3) is 0 Å². The van der Waals surface area contributed by atoms with Gasteiger partial charge in [0, 0.05) is 11.8 Å². The van der Waals surface area contributed by atoms with E-state index in [-0.39, 0.29) is 5.41 Å². The summed E-state index contributed by atoms with van der Waals surface area (Å²) in [5, 5.41) is 8.67. The van der Waals surface area contributed by atoms with Crippen LogP contribution in [0.5, 0.6) is 5.75 Å². The van der Waals surface area contributed by atoms with Gasteiger partial charge in [-0.05, 0) is 24.1 Å². The van der Waals surface area contributed by atoms with Crippen molar-refractivity contribution >= 4 is 0 Å². The van der Waals surface area contributed by atoms with E-state index in [9.17, 15) is 0 Å². The Morgan fingerprint density at radius 2 is 2.06 bits per heavy atom. The van der Waals surface area contributed by atoms with E-state index in [2.05, 4.69) is 18.2 Å². The lowest BCUT2D eigenvalue weighted by Gasteiger charge is -2.41. The molecular formula is C13H15NO2. The molecular weight excluding hydrogens is 202 g/mol. The van der Waals surface area contributed by atoms with Crippen molar-refractivity contribution in [2.24, 2.45) is 0 Å². The van der Waals surface area contributed by atoms with Crippen molar-refractivity contribution in [1.29, 1.82) is 5.26 Å². The molecule has 0 saturated carbocycles. The molecule has 0 aliphatic carbocycles. The van der Waals surface area contributed by atoms with Crippen molar-refractivity contribution in [1.82, 2.24) is 0 Å². The third-order valence-corrected chi connectivity index (χ3v) is 3.17. The van der Waals surface area contributed by atoms with E-state index >= 15 is 0 Å². The fourth-order valence-corrected chi connectivity index (χ4v) is 2.04. The molecule has 1 aliphatic heterocycles. The Bertz CT molecular complexity index is 387. The fraction of sp³-hybridized carbons (Fsp3) is 0.462. The minimum Gasteiger partial charge on any atom is -0.497 e. The lowest BCUT2D eigenvalue weighted by atomic mass is 9.75. The third-order valence-electron chi connectivity index (χ3n) is 3.17. The van der Waals surface area contributed by atoms with Crippen molar-refractivity contribution in [2.45, 2.75) is 18.3 Å². The van der Waals surface area contributed by atoms with Crippen LogP contribution in [0, 0.1) is 11.3 Å². The molecule has 1 aromatic rings. The maximum absolute atomic E-state index is 8.67. The van der Waals surface area contributed by atoms with Gasteiger partial charge >= 0.3 is 0 Å². The third kappa shape index (κ3) is 1.89. The summed E-state index contributed by atoms with van der Waals surface area (Å²) in [6.07, 6.45) is 1.45. The zero-order valence-electron chi connectivity index (χ0n) is 9.40. The first-order chi connectivity index (χ1) is 7.80. The second-order valence-electron chi connectivity index (χ2n) is 4.16. The fourth-order valence-electron chi connectivity index (χ4n) is 2.04. The van der Waals surface area contributed by atoms with Gasteiger partial charge in [0.1, 0.15) is 5.75 Å². The van der Waals surface area contributed by atoms with Crippen LogP contribution in [-0.2, 0) is 10.2 Å². The topological polar surface area (TPSA) is 42.2 Å². The lowest BCUT2D eigenvalue weighted by molar-refractivity contribution is -0.0637. The van der Waals surface area contributed by atoms with E-state index in [1.54, 1.807) is 7.11 Å². The van der Waals surface area contributed by atoms with Gasteiger partial charge in [-0.15, -0.1) is 0 Å². The molecule has 2 rings (SSSR count). The van der Waals surface area contributed by atoms with E-state index in [0.717, 1.165) is 25.4 Å². The van der Waals surface area contributed by atoms with Gasteiger partial charge in [-0.3, -0.25) is 0 Å². The van der Waals surface area contributed by atoms with Crippen molar-refractivity contribution in [3.8, 4) is 11.8 Å². The molecule has 0 amide bonds. The molecule has 0 atom stereocenters. The van der Waals surface area contributed by atoms with Crippen LogP contribution in [0.1, 0.15) is 18.4 Å². The summed E-state index contributed by atoms with van der Waals surface area (Å²) in [5.41, 5.74) is 1.30. The van der Waals surface area contributed by atoms with Crippen LogP contribution in [0.2, 0.25) is 0 Å². The van der Waals surface area contributed by atoms with Crippen molar-refractivity contribution in [3.63, 3.8) is 0 Å². The van der Waals surface area contributed by atoms with E-state index in [1.165, 1.54) is 5.56 Å². The first-order valence-electron chi connectivity index (χ1n) is 5.40. The number of ether oxygens (including phenoxy) is 2. The number of methoxy groups -OCH3 is 1. The van der Waals surface area contributed by atoms with E-state index in [4.69, 9.17) is 14.7 Å². The summed E-state index contributed by atoms with van der Waals surface area (Å²) >= 11 is 0. The van der Waals surface area contributed by atoms with Crippen molar-refractivity contribution < 1.29 is 9.47 Å². The highest BCUT2D eigenvalue weighted by Gasteiger charge is 2.39. The van der Waals surface area contributed by atoms with Crippen LogP contribution in [-0.4, -0.2) is 20.3 Å². The highest BCUT2D eigenvalue weighted by Crippen LogP contribution is 2.37. The van der Waals surface area contributed by atoms with Gasteiger partial charge < -0.3 is 9.47 Å². The Morgan fingerprint density at radius 3 is 2.50 bits per heavy atom. The predicted molar refractivity (Wildman–Crippen MR) is 60.3 cm³/mol. The predicted octanol–water partition coefficient (Wildman–Crippen LogP) is 2.27. The summed E-state index contributed by atoms with van der Waals surface area (Å²) in [5.74, 6) is 0.861. The summed E-state index contributed by atoms with van der Waals surface area (Å²) in [7, 11) is 1.66. The summed E-state index contributed by atoms with van der Waals surface area (Å²) < 4.78 is 10.4. The van der Waals surface area contributed by atoms with Gasteiger partial charge in [-0.2, -0.15) is 5.26 Å². The smallest absolute Gasteiger partial charge is 0.118 e. The molecule has 1 heterocycles. The molecule has 1 aliphatic rings. The largest absolute Gasteiger partial charge is 0.497 e. The molecule has 0 bridgehead atoms. The minimum absolute atomic E-state index is 0.0575. The van der Waals surface area contributed by atoms with Crippen LogP contribution >= 0.6 is 0 Å². The lowest BCUT2D eigenvalue weighted by Crippen LogP contribution is -2.46. The maximum atomic E-state index is 8.67. The molecule has 0 radical (unpaired) electrons. The zero-order chi connectivity index (χ0) is 11.4. The second-order valence-corrected chi connectivity index (χ2v) is 4.16. The highest BCUT2D eigenvalue weighted by atomic mass is 16.5. The Kier molecular flexibility index (Phi) is 3.12. The number of rotatable bonds is 4. The Balaban J connectivity index is 2.16. The zero-order valence-corrected chi connectivity index (χ0v) is 9.40. The van der Waals surface area contributed by atoms with Crippen LogP contribution in [0.4, 0.5) is 0 Å². The second kappa shape index (κ2) is 4.54. The first-order valence-corrected chi connectivity index (χ1v) is 5.40. The molecule has 0 unspecified atom stereocenters. The average molecular weight is 217 g/mol. The quantitative estimate of drug-likeness (QED) is 0.777. The molecule has 0 spiro atoms. The molecule has 3 heteroatoms. The van der Waals surface area contributed by atoms with Gasteiger partial charge in [0.2, 0.25) is 0 Å². The van der Waals surface area contributed by atoms with Gasteiger partial charge in [0.15, 0.2) is 0 Å². The van der Waals surface area contributed by atoms with E-state index < -0.39 is 0 Å². The first kappa shape index (κ1) is 11.0. The normalized spacial score (nSPS) is 17.2. The Morgan fingerprint density at radius 1 is 1.38 bits per heavy atom. The molecule has 0 N–H and O–H groups in total. The minimum atomic E-state index is 0.0575.